The van der Waals surface area contributed by atoms with Gasteiger partial charge in [-0.15, -0.1) is 0 Å². The molecule has 0 radical (unpaired) electrons. The number of benzene rings is 2. The normalized spacial score (nSPS) is 10.2. The fraction of sp³-hybridized carbons (Fsp3) is 0.133. The Kier molecular flexibility index (Phi) is 4.53. The summed E-state index contributed by atoms with van der Waals surface area (Å²) >= 11 is 5.87. The van der Waals surface area contributed by atoms with Crippen molar-refractivity contribution in [1.29, 1.82) is 0 Å². The molecular weight excluding hydrogens is 265 g/mol. The van der Waals surface area contributed by atoms with Crippen molar-refractivity contribution in [1.82, 2.24) is 5.32 Å². The Morgan fingerprint density at radius 1 is 1.11 bits per heavy atom. The Morgan fingerprint density at radius 2 is 1.84 bits per heavy atom. The van der Waals surface area contributed by atoms with E-state index >= 15 is 0 Å². The van der Waals surface area contributed by atoms with Gasteiger partial charge in [-0.1, -0.05) is 48.0 Å². The Hall–Kier alpha value is -1.87. The molecule has 0 unspecified atom stereocenters. The SMILES string of the molecule is O=C(Cc1c(F)cccc1Cl)NCc1ccccc1. The lowest BCUT2D eigenvalue weighted by Crippen LogP contribution is -2.25. The van der Waals surface area contributed by atoms with Gasteiger partial charge in [0.25, 0.3) is 0 Å². The Morgan fingerprint density at radius 3 is 2.53 bits per heavy atom. The highest BCUT2D eigenvalue weighted by atomic mass is 35.5. The lowest BCUT2D eigenvalue weighted by molar-refractivity contribution is -0.120. The van der Waals surface area contributed by atoms with Gasteiger partial charge < -0.3 is 5.32 Å². The summed E-state index contributed by atoms with van der Waals surface area (Å²) < 4.78 is 13.5. The van der Waals surface area contributed by atoms with E-state index in [4.69, 9.17) is 11.6 Å². The maximum atomic E-state index is 13.5. The third kappa shape index (κ3) is 3.80. The molecule has 0 bridgehead atoms. The summed E-state index contributed by atoms with van der Waals surface area (Å²) in [6.45, 7) is 0.422. The molecule has 0 aliphatic carbocycles. The van der Waals surface area contributed by atoms with Crippen LogP contribution >= 0.6 is 11.6 Å². The quantitative estimate of drug-likeness (QED) is 0.912. The summed E-state index contributed by atoms with van der Waals surface area (Å²) in [7, 11) is 0. The predicted octanol–water partition coefficient (Wildman–Crippen LogP) is 3.34. The fourth-order valence-corrected chi connectivity index (χ4v) is 1.95. The van der Waals surface area contributed by atoms with Gasteiger partial charge in [-0.3, -0.25) is 4.79 Å². The van der Waals surface area contributed by atoms with E-state index in [0.717, 1.165) is 5.56 Å². The minimum Gasteiger partial charge on any atom is -0.352 e. The highest BCUT2D eigenvalue weighted by Gasteiger charge is 2.11. The van der Waals surface area contributed by atoms with E-state index in [-0.39, 0.29) is 22.9 Å². The van der Waals surface area contributed by atoms with Gasteiger partial charge in [0.15, 0.2) is 0 Å². The lowest BCUT2D eigenvalue weighted by atomic mass is 10.1. The third-order valence-corrected chi connectivity index (χ3v) is 3.09. The van der Waals surface area contributed by atoms with E-state index in [0.29, 0.717) is 6.54 Å². The van der Waals surface area contributed by atoms with Gasteiger partial charge in [-0.25, -0.2) is 4.39 Å². The van der Waals surface area contributed by atoms with E-state index < -0.39 is 5.82 Å². The van der Waals surface area contributed by atoms with Gasteiger partial charge in [-0.2, -0.15) is 0 Å². The van der Waals surface area contributed by atoms with Crippen LogP contribution in [-0.2, 0) is 17.8 Å². The molecule has 0 aliphatic rings. The number of nitrogens with one attached hydrogen (secondary N) is 1. The van der Waals surface area contributed by atoms with E-state index in [1.807, 2.05) is 30.3 Å². The van der Waals surface area contributed by atoms with Gasteiger partial charge in [0.1, 0.15) is 5.82 Å². The summed E-state index contributed by atoms with van der Waals surface area (Å²) in [6.07, 6.45) is -0.0572. The van der Waals surface area contributed by atoms with Crippen LogP contribution in [0.15, 0.2) is 48.5 Å². The van der Waals surface area contributed by atoms with Crippen LogP contribution in [0.3, 0.4) is 0 Å². The maximum Gasteiger partial charge on any atom is 0.224 e. The summed E-state index contributed by atoms with van der Waals surface area (Å²) in [4.78, 5) is 11.8. The Bertz CT molecular complexity index is 551. The van der Waals surface area contributed by atoms with Gasteiger partial charge >= 0.3 is 0 Å². The average molecular weight is 278 g/mol. The number of rotatable bonds is 4. The second-order valence-corrected chi connectivity index (χ2v) is 4.55. The lowest BCUT2D eigenvalue weighted by Gasteiger charge is -2.07. The van der Waals surface area contributed by atoms with Crippen molar-refractivity contribution < 1.29 is 9.18 Å². The first-order valence-electron chi connectivity index (χ1n) is 5.90. The van der Waals surface area contributed by atoms with Crippen LogP contribution in [0, 0.1) is 5.82 Å². The number of amides is 1. The molecule has 0 saturated heterocycles. The van der Waals surface area contributed by atoms with Crippen molar-refractivity contribution in [2.75, 3.05) is 0 Å². The first-order valence-corrected chi connectivity index (χ1v) is 6.28. The molecule has 0 aromatic heterocycles. The van der Waals surface area contributed by atoms with Gasteiger partial charge in [0.2, 0.25) is 5.91 Å². The minimum atomic E-state index is -0.456. The highest BCUT2D eigenvalue weighted by Crippen LogP contribution is 2.19. The number of carbonyl (C=O) groups excluding carboxylic acids is 1. The van der Waals surface area contributed by atoms with Crippen LogP contribution in [0.25, 0.3) is 0 Å². The molecule has 2 aromatic carbocycles. The van der Waals surface area contributed by atoms with Crippen molar-refractivity contribution in [3.8, 4) is 0 Å². The van der Waals surface area contributed by atoms with E-state index in [2.05, 4.69) is 5.32 Å². The van der Waals surface area contributed by atoms with Crippen molar-refractivity contribution in [3.05, 3.63) is 70.5 Å². The predicted molar refractivity (Wildman–Crippen MR) is 73.4 cm³/mol. The first kappa shape index (κ1) is 13.6. The van der Waals surface area contributed by atoms with E-state index in [9.17, 15) is 9.18 Å². The number of halogens is 2. The monoisotopic (exact) mass is 277 g/mol. The number of hydrogen-bond acceptors (Lipinski definition) is 1. The molecule has 2 aromatic rings. The van der Waals surface area contributed by atoms with Crippen molar-refractivity contribution in [2.24, 2.45) is 0 Å². The van der Waals surface area contributed by atoms with Crippen LogP contribution in [0.2, 0.25) is 5.02 Å². The summed E-state index contributed by atoms with van der Waals surface area (Å²) in [5.41, 5.74) is 1.23. The molecule has 2 rings (SSSR count). The summed E-state index contributed by atoms with van der Waals surface area (Å²) in [6, 6.07) is 13.9. The fourth-order valence-electron chi connectivity index (χ4n) is 1.72. The molecule has 98 valence electrons. The van der Waals surface area contributed by atoms with Crippen molar-refractivity contribution >= 4 is 17.5 Å². The maximum absolute atomic E-state index is 13.5. The summed E-state index contributed by atoms with van der Waals surface area (Å²) in [5.74, 6) is -0.710. The van der Waals surface area contributed by atoms with Crippen LogP contribution in [0.5, 0.6) is 0 Å². The largest absolute Gasteiger partial charge is 0.352 e. The minimum absolute atomic E-state index is 0.0572. The van der Waals surface area contributed by atoms with Crippen LogP contribution in [0.1, 0.15) is 11.1 Å². The molecular formula is C15H13ClFNO. The zero-order chi connectivity index (χ0) is 13.7. The van der Waals surface area contributed by atoms with Crippen molar-refractivity contribution in [2.45, 2.75) is 13.0 Å². The topological polar surface area (TPSA) is 29.1 Å². The van der Waals surface area contributed by atoms with Gasteiger partial charge in [0, 0.05) is 17.1 Å². The van der Waals surface area contributed by atoms with Gasteiger partial charge in [0.05, 0.1) is 6.42 Å². The zero-order valence-electron chi connectivity index (χ0n) is 10.2. The van der Waals surface area contributed by atoms with Crippen molar-refractivity contribution in [3.63, 3.8) is 0 Å². The highest BCUT2D eigenvalue weighted by molar-refractivity contribution is 6.31. The van der Waals surface area contributed by atoms with Crippen LogP contribution < -0.4 is 5.32 Å². The Labute approximate surface area is 116 Å². The van der Waals surface area contributed by atoms with E-state index in [1.54, 1.807) is 6.07 Å². The zero-order valence-corrected chi connectivity index (χ0v) is 11.0. The molecule has 19 heavy (non-hydrogen) atoms. The molecule has 4 heteroatoms. The van der Waals surface area contributed by atoms with Crippen LogP contribution in [-0.4, -0.2) is 5.91 Å². The molecule has 1 N–H and O–H groups in total. The molecule has 0 spiro atoms. The molecule has 2 nitrogen and oxygen atoms in total. The molecule has 0 heterocycles. The van der Waals surface area contributed by atoms with E-state index in [1.165, 1.54) is 12.1 Å². The third-order valence-electron chi connectivity index (χ3n) is 2.73. The molecule has 0 saturated carbocycles. The first-order chi connectivity index (χ1) is 9.16. The Balaban J connectivity index is 1.95. The second-order valence-electron chi connectivity index (χ2n) is 4.14. The molecule has 1 amide bonds. The standard InChI is InChI=1S/C15H13ClFNO/c16-13-7-4-8-14(17)12(13)9-15(19)18-10-11-5-2-1-3-6-11/h1-8H,9-10H2,(H,18,19). The smallest absolute Gasteiger partial charge is 0.224 e. The molecule has 0 aliphatic heterocycles. The molecule has 0 fully saturated rings. The average Bonchev–Trinajstić information content (AvgIpc) is 2.42. The summed E-state index contributed by atoms with van der Waals surface area (Å²) in [5, 5.41) is 3.01. The van der Waals surface area contributed by atoms with Gasteiger partial charge in [-0.05, 0) is 17.7 Å². The number of carbonyl (C=O) groups is 1. The number of hydrogen-bond donors (Lipinski definition) is 1. The second kappa shape index (κ2) is 6.34. The van der Waals surface area contributed by atoms with Crippen LogP contribution in [0.4, 0.5) is 4.39 Å². The molecule has 0 atom stereocenters.